The fourth-order valence-electron chi connectivity index (χ4n) is 1.92. The Bertz CT molecular complexity index is 478. The van der Waals surface area contributed by atoms with E-state index in [0.29, 0.717) is 19.5 Å². The lowest BCUT2D eigenvalue weighted by molar-refractivity contribution is -0.137. The van der Waals surface area contributed by atoms with Gasteiger partial charge < -0.3 is 9.64 Å². The van der Waals surface area contributed by atoms with Gasteiger partial charge in [-0.2, -0.15) is 13.2 Å². The highest BCUT2D eigenvalue weighted by molar-refractivity contribution is 6.62. The standard InChI is InChI=1S/C12H11ClF3NO2/c13-11(18)17-5-4-10(7-17)19-9-3-1-2-8(6-9)12(14,15)16/h1-3,6,10H,4-5,7H2. The number of carbonyl (C=O) groups excluding carboxylic acids is 1. The highest BCUT2D eigenvalue weighted by Gasteiger charge is 2.31. The molecule has 7 heteroatoms. The van der Waals surface area contributed by atoms with Crippen LogP contribution in [-0.4, -0.2) is 29.5 Å². The molecule has 0 spiro atoms. The number of carbonyl (C=O) groups is 1. The smallest absolute Gasteiger partial charge is 0.416 e. The van der Waals surface area contributed by atoms with Crippen molar-refractivity contribution in [1.82, 2.24) is 4.90 Å². The van der Waals surface area contributed by atoms with Gasteiger partial charge in [-0.3, -0.25) is 4.79 Å². The molecule has 0 aromatic heterocycles. The van der Waals surface area contributed by atoms with Crippen molar-refractivity contribution in [2.45, 2.75) is 18.7 Å². The number of hydrogen-bond donors (Lipinski definition) is 0. The second-order valence-electron chi connectivity index (χ2n) is 4.25. The molecule has 0 aliphatic carbocycles. The van der Waals surface area contributed by atoms with Crippen molar-refractivity contribution in [2.24, 2.45) is 0 Å². The van der Waals surface area contributed by atoms with Gasteiger partial charge >= 0.3 is 11.5 Å². The summed E-state index contributed by atoms with van der Waals surface area (Å²) in [6.45, 7) is 0.741. The van der Waals surface area contributed by atoms with Crippen LogP contribution in [0.2, 0.25) is 0 Å². The van der Waals surface area contributed by atoms with Crippen molar-refractivity contribution in [2.75, 3.05) is 13.1 Å². The number of benzene rings is 1. The van der Waals surface area contributed by atoms with Crippen LogP contribution < -0.4 is 4.74 Å². The molecule has 1 fully saturated rings. The molecule has 19 heavy (non-hydrogen) atoms. The summed E-state index contributed by atoms with van der Waals surface area (Å²) in [7, 11) is 0. The Morgan fingerprint density at radius 3 is 2.74 bits per heavy atom. The monoisotopic (exact) mass is 293 g/mol. The summed E-state index contributed by atoms with van der Waals surface area (Å²) in [5.74, 6) is 0.142. The second kappa shape index (κ2) is 5.28. The molecule has 2 rings (SSSR count). The van der Waals surface area contributed by atoms with Crippen molar-refractivity contribution in [3.63, 3.8) is 0 Å². The second-order valence-corrected chi connectivity index (χ2v) is 4.58. The zero-order chi connectivity index (χ0) is 14.0. The highest BCUT2D eigenvalue weighted by Crippen LogP contribution is 2.32. The van der Waals surface area contributed by atoms with Gasteiger partial charge in [0, 0.05) is 13.0 Å². The minimum Gasteiger partial charge on any atom is -0.489 e. The zero-order valence-corrected chi connectivity index (χ0v) is 10.5. The normalized spacial score (nSPS) is 19.6. The van der Waals surface area contributed by atoms with Crippen LogP contribution in [0.5, 0.6) is 5.75 Å². The largest absolute Gasteiger partial charge is 0.489 e. The van der Waals surface area contributed by atoms with E-state index in [9.17, 15) is 18.0 Å². The maximum atomic E-state index is 12.5. The number of rotatable bonds is 2. The first kappa shape index (κ1) is 14.0. The van der Waals surface area contributed by atoms with Crippen LogP contribution in [0.1, 0.15) is 12.0 Å². The van der Waals surface area contributed by atoms with E-state index >= 15 is 0 Å². The number of ether oxygens (including phenoxy) is 1. The van der Waals surface area contributed by atoms with Crippen molar-refractivity contribution < 1.29 is 22.7 Å². The fourth-order valence-corrected chi connectivity index (χ4v) is 2.08. The van der Waals surface area contributed by atoms with Crippen molar-refractivity contribution in [1.29, 1.82) is 0 Å². The summed E-state index contributed by atoms with van der Waals surface area (Å²) >= 11 is 5.32. The molecule has 1 heterocycles. The van der Waals surface area contributed by atoms with Crippen LogP contribution in [-0.2, 0) is 6.18 Å². The third-order valence-corrected chi connectivity index (χ3v) is 3.10. The van der Waals surface area contributed by atoms with Gasteiger partial charge in [-0.25, -0.2) is 0 Å². The maximum absolute atomic E-state index is 12.5. The Kier molecular flexibility index (Phi) is 3.89. The lowest BCUT2D eigenvalue weighted by Gasteiger charge is -2.15. The van der Waals surface area contributed by atoms with E-state index in [1.54, 1.807) is 0 Å². The molecule has 1 amide bonds. The van der Waals surface area contributed by atoms with E-state index in [2.05, 4.69) is 0 Å². The quantitative estimate of drug-likeness (QED) is 0.617. The van der Waals surface area contributed by atoms with Gasteiger partial charge in [0.1, 0.15) is 11.9 Å². The topological polar surface area (TPSA) is 29.5 Å². The van der Waals surface area contributed by atoms with E-state index in [-0.39, 0.29) is 11.9 Å². The Morgan fingerprint density at radius 2 is 2.16 bits per heavy atom. The van der Waals surface area contributed by atoms with Gasteiger partial charge in [-0.15, -0.1) is 0 Å². The number of likely N-dealkylation sites (tertiary alicyclic amines) is 1. The molecule has 3 nitrogen and oxygen atoms in total. The Hall–Kier alpha value is -1.43. The van der Waals surface area contributed by atoms with Crippen LogP contribution in [0, 0.1) is 0 Å². The molecule has 1 atom stereocenters. The predicted molar refractivity (Wildman–Crippen MR) is 63.3 cm³/mol. The van der Waals surface area contributed by atoms with Gasteiger partial charge in [0.2, 0.25) is 0 Å². The molecule has 1 unspecified atom stereocenters. The van der Waals surface area contributed by atoms with Crippen LogP contribution in [0.4, 0.5) is 18.0 Å². The van der Waals surface area contributed by atoms with Crippen LogP contribution in [0.15, 0.2) is 24.3 Å². The van der Waals surface area contributed by atoms with E-state index in [1.165, 1.54) is 17.0 Å². The first-order chi connectivity index (χ1) is 8.86. The Balaban J connectivity index is 2.03. The van der Waals surface area contributed by atoms with Gasteiger partial charge in [0.05, 0.1) is 12.1 Å². The summed E-state index contributed by atoms with van der Waals surface area (Å²) in [4.78, 5) is 12.3. The number of nitrogens with zero attached hydrogens (tertiary/aromatic N) is 1. The van der Waals surface area contributed by atoms with Gasteiger partial charge in [-0.05, 0) is 29.8 Å². The van der Waals surface area contributed by atoms with Crippen molar-refractivity contribution >= 4 is 17.0 Å². The predicted octanol–water partition coefficient (Wildman–Crippen LogP) is 3.52. The molecular weight excluding hydrogens is 283 g/mol. The van der Waals surface area contributed by atoms with E-state index < -0.39 is 17.1 Å². The number of halogens is 4. The Labute approximate surface area is 112 Å². The molecule has 1 aromatic rings. The Morgan fingerprint density at radius 1 is 1.42 bits per heavy atom. The molecule has 1 aliphatic heterocycles. The van der Waals surface area contributed by atoms with Gasteiger partial charge in [0.25, 0.3) is 0 Å². The SMILES string of the molecule is O=C(Cl)N1CCC(Oc2cccc(C(F)(F)F)c2)C1. The van der Waals surface area contributed by atoms with Gasteiger partial charge in [-0.1, -0.05) is 6.07 Å². The zero-order valence-electron chi connectivity index (χ0n) is 9.78. The van der Waals surface area contributed by atoms with Crippen LogP contribution in [0.25, 0.3) is 0 Å². The van der Waals surface area contributed by atoms with E-state index in [4.69, 9.17) is 16.3 Å². The molecule has 0 bridgehead atoms. The molecule has 1 aromatic carbocycles. The maximum Gasteiger partial charge on any atom is 0.416 e. The van der Waals surface area contributed by atoms with E-state index in [0.717, 1.165) is 12.1 Å². The third-order valence-electron chi connectivity index (χ3n) is 2.86. The first-order valence-electron chi connectivity index (χ1n) is 5.64. The molecular formula is C12H11ClF3NO2. The van der Waals surface area contributed by atoms with Crippen LogP contribution >= 0.6 is 11.6 Å². The lowest BCUT2D eigenvalue weighted by atomic mass is 10.2. The van der Waals surface area contributed by atoms with Crippen LogP contribution in [0.3, 0.4) is 0 Å². The first-order valence-corrected chi connectivity index (χ1v) is 6.02. The third kappa shape index (κ3) is 3.53. The highest BCUT2D eigenvalue weighted by atomic mass is 35.5. The summed E-state index contributed by atoms with van der Waals surface area (Å²) in [6.07, 6.45) is -4.17. The lowest BCUT2D eigenvalue weighted by Crippen LogP contribution is -2.26. The van der Waals surface area contributed by atoms with E-state index in [1.807, 2.05) is 0 Å². The molecule has 104 valence electrons. The minimum atomic E-state index is -4.40. The molecule has 0 radical (unpaired) electrons. The summed E-state index contributed by atoms with van der Waals surface area (Å²) < 4.78 is 43.0. The minimum absolute atomic E-state index is 0.142. The van der Waals surface area contributed by atoms with Crippen molar-refractivity contribution in [3.8, 4) is 5.75 Å². The fraction of sp³-hybridized carbons (Fsp3) is 0.417. The summed E-state index contributed by atoms with van der Waals surface area (Å²) in [5.41, 5.74) is -0.756. The summed E-state index contributed by atoms with van der Waals surface area (Å²) in [5, 5.41) is -0.574. The molecule has 1 aliphatic rings. The molecule has 1 saturated heterocycles. The van der Waals surface area contributed by atoms with Crippen molar-refractivity contribution in [3.05, 3.63) is 29.8 Å². The summed E-state index contributed by atoms with van der Waals surface area (Å²) in [6, 6.07) is 4.68. The average molecular weight is 294 g/mol. The molecule has 0 saturated carbocycles. The number of amides is 1. The average Bonchev–Trinajstić information content (AvgIpc) is 2.77. The van der Waals surface area contributed by atoms with Gasteiger partial charge in [0.15, 0.2) is 0 Å². The number of hydrogen-bond acceptors (Lipinski definition) is 2. The number of alkyl halides is 3. The molecule has 0 N–H and O–H groups in total.